The van der Waals surface area contributed by atoms with E-state index in [1.165, 1.54) is 0 Å². The third-order valence-electron chi connectivity index (χ3n) is 8.74. The molecule has 0 spiro atoms. The van der Waals surface area contributed by atoms with Gasteiger partial charge in [-0.1, -0.05) is 62.3 Å². The topological polar surface area (TPSA) is 66.4 Å². The fourth-order valence-electron chi connectivity index (χ4n) is 3.04. The zero-order valence-electron chi connectivity index (χ0n) is 25.1. The lowest BCUT2D eigenvalue weighted by atomic mass is 9.99. The van der Waals surface area contributed by atoms with Gasteiger partial charge in [-0.3, -0.25) is 0 Å². The molecule has 34 heavy (non-hydrogen) atoms. The van der Waals surface area contributed by atoms with E-state index in [0.29, 0.717) is 6.61 Å². The lowest BCUT2D eigenvalue weighted by Gasteiger charge is -2.52. The number of aliphatic hydroxyl groups is 1. The van der Waals surface area contributed by atoms with Crippen molar-refractivity contribution in [3.8, 4) is 0 Å². The minimum Gasteiger partial charge on any atom is -0.414 e. The molecule has 0 aromatic rings. The van der Waals surface area contributed by atoms with Crippen molar-refractivity contribution in [2.24, 2.45) is 0 Å². The van der Waals surface area contributed by atoms with E-state index in [2.05, 4.69) is 102 Å². The van der Waals surface area contributed by atoms with Gasteiger partial charge < -0.3 is 27.9 Å². The Morgan fingerprint density at radius 1 is 0.676 bits per heavy atom. The Bertz CT molecular complexity index is 661. The first kappa shape index (κ1) is 32.4. The summed E-state index contributed by atoms with van der Waals surface area (Å²) in [6.07, 6.45) is -3.13. The minimum atomic E-state index is -2.23. The van der Waals surface area contributed by atoms with Crippen molar-refractivity contribution < 1.29 is 27.9 Å². The molecule has 0 aromatic heterocycles. The van der Waals surface area contributed by atoms with E-state index in [1.807, 2.05) is 0 Å². The molecule has 1 heterocycles. The highest BCUT2D eigenvalue weighted by molar-refractivity contribution is 6.75. The molecule has 0 amide bonds. The van der Waals surface area contributed by atoms with Gasteiger partial charge in [0.05, 0.1) is 6.61 Å². The van der Waals surface area contributed by atoms with Crippen LogP contribution in [0, 0.1) is 0 Å². The van der Waals surface area contributed by atoms with E-state index in [0.717, 1.165) is 0 Å². The average Bonchev–Trinajstić information content (AvgIpc) is 2.61. The Kier molecular flexibility index (Phi) is 10.2. The zero-order chi connectivity index (χ0) is 27.1. The second kappa shape index (κ2) is 10.6. The van der Waals surface area contributed by atoms with Crippen molar-refractivity contribution >= 4 is 25.0 Å². The Hall–Kier alpha value is 0.411. The number of rotatable bonds is 8. The molecule has 5 atom stereocenters. The second-order valence-electron chi connectivity index (χ2n) is 14.5. The summed E-state index contributed by atoms with van der Waals surface area (Å²) >= 11 is 0. The Labute approximate surface area is 213 Å². The molecule has 9 heteroatoms. The molecule has 0 saturated carbocycles. The largest absolute Gasteiger partial charge is 0.414 e. The van der Waals surface area contributed by atoms with Crippen LogP contribution in [0.4, 0.5) is 0 Å². The number of ether oxygens (including phenoxy) is 2. The highest BCUT2D eigenvalue weighted by Crippen LogP contribution is 2.44. The monoisotopic (exact) mass is 536 g/mol. The minimum absolute atomic E-state index is 0.00240. The van der Waals surface area contributed by atoms with Crippen LogP contribution in [0.25, 0.3) is 0 Å². The summed E-state index contributed by atoms with van der Waals surface area (Å²) in [5.41, 5.74) is 0. The maximum absolute atomic E-state index is 11.4. The molecule has 0 unspecified atom stereocenters. The van der Waals surface area contributed by atoms with Crippen molar-refractivity contribution in [3.63, 3.8) is 0 Å². The Morgan fingerprint density at radius 3 is 1.41 bits per heavy atom. The molecule has 0 aromatic carbocycles. The summed E-state index contributed by atoms with van der Waals surface area (Å²) in [4.78, 5) is 0. The van der Waals surface area contributed by atoms with Gasteiger partial charge in [0.25, 0.3) is 0 Å². The molecule has 1 saturated heterocycles. The predicted octanol–water partition coefficient (Wildman–Crippen LogP) is 6.52. The Morgan fingerprint density at radius 2 is 1.06 bits per heavy atom. The SMILES string of the molecule is CO[C@@H]1O[C@H](CO[Si](C)(C)C(C)(C)C)[C@H](O[Si](C)(C)C(C)(C)C)[C@H](O[Si](C)(C)C(C)(C)C)[C@H]1O. The van der Waals surface area contributed by atoms with E-state index in [4.69, 9.17) is 22.8 Å². The number of aliphatic hydroxyl groups excluding tert-OH is 1. The zero-order valence-corrected chi connectivity index (χ0v) is 28.1. The molecule has 1 aliphatic rings. The van der Waals surface area contributed by atoms with Gasteiger partial charge in [0.15, 0.2) is 31.2 Å². The van der Waals surface area contributed by atoms with Crippen LogP contribution >= 0.6 is 0 Å². The van der Waals surface area contributed by atoms with Crippen molar-refractivity contribution in [3.05, 3.63) is 0 Å². The molecular formula is C25H56O6Si3. The first-order valence-electron chi connectivity index (χ1n) is 12.7. The van der Waals surface area contributed by atoms with Crippen LogP contribution in [0.5, 0.6) is 0 Å². The smallest absolute Gasteiger partial charge is 0.192 e. The van der Waals surface area contributed by atoms with Crippen LogP contribution in [0.3, 0.4) is 0 Å². The first-order chi connectivity index (χ1) is 14.9. The van der Waals surface area contributed by atoms with E-state index in [-0.39, 0.29) is 15.1 Å². The fourth-order valence-corrected chi connectivity index (χ4v) is 6.68. The van der Waals surface area contributed by atoms with Crippen LogP contribution in [-0.2, 0) is 22.8 Å². The van der Waals surface area contributed by atoms with Gasteiger partial charge in [-0.2, -0.15) is 0 Å². The lowest BCUT2D eigenvalue weighted by molar-refractivity contribution is -0.288. The molecule has 0 aliphatic carbocycles. The molecule has 1 fully saturated rings. The Balaban J connectivity index is 3.47. The van der Waals surface area contributed by atoms with E-state index in [1.54, 1.807) is 7.11 Å². The van der Waals surface area contributed by atoms with E-state index < -0.39 is 55.7 Å². The average molecular weight is 537 g/mol. The predicted molar refractivity (Wildman–Crippen MR) is 149 cm³/mol. The molecule has 204 valence electrons. The third-order valence-corrected chi connectivity index (χ3v) is 22.2. The van der Waals surface area contributed by atoms with Crippen molar-refractivity contribution in [1.82, 2.24) is 0 Å². The molecule has 6 nitrogen and oxygen atoms in total. The molecule has 0 bridgehead atoms. The highest BCUT2D eigenvalue weighted by Gasteiger charge is 2.54. The number of hydrogen-bond donors (Lipinski definition) is 1. The molecule has 1 aliphatic heterocycles. The van der Waals surface area contributed by atoms with Gasteiger partial charge in [-0.05, 0) is 54.4 Å². The van der Waals surface area contributed by atoms with E-state index >= 15 is 0 Å². The molecule has 0 radical (unpaired) electrons. The standard InChI is InChI=1S/C25H56O6Si3/c1-23(2,3)32(11,12)28-17-18-20(30-33(13,14)24(4,5)6)21(19(26)22(27-10)29-18)31-34(15,16)25(7,8)9/h18-22,26H,17H2,1-16H3/t18-,19-,20+,21-,22-/m1/s1. The van der Waals surface area contributed by atoms with Gasteiger partial charge in [0.1, 0.15) is 24.4 Å². The summed E-state index contributed by atoms with van der Waals surface area (Å²) in [6.45, 7) is 33.8. The quantitative estimate of drug-likeness (QED) is 0.356. The summed E-state index contributed by atoms with van der Waals surface area (Å²) in [5.74, 6) is 0. The summed E-state index contributed by atoms with van der Waals surface area (Å²) < 4.78 is 32.3. The van der Waals surface area contributed by atoms with Crippen LogP contribution < -0.4 is 0 Å². The van der Waals surface area contributed by atoms with Gasteiger partial charge in [-0.25, -0.2) is 0 Å². The van der Waals surface area contributed by atoms with Crippen molar-refractivity contribution in [2.45, 2.75) is 147 Å². The normalized spacial score (nSPS) is 28.3. The van der Waals surface area contributed by atoms with Crippen molar-refractivity contribution in [2.75, 3.05) is 13.7 Å². The summed E-state index contributed by atoms with van der Waals surface area (Å²) in [6, 6.07) is 0. The maximum atomic E-state index is 11.4. The van der Waals surface area contributed by atoms with Gasteiger partial charge >= 0.3 is 0 Å². The molecule has 1 N–H and O–H groups in total. The molecule has 1 rings (SSSR count). The summed E-state index contributed by atoms with van der Waals surface area (Å²) in [7, 11) is -4.89. The highest BCUT2D eigenvalue weighted by atomic mass is 28.4. The number of hydrogen-bond acceptors (Lipinski definition) is 6. The third kappa shape index (κ3) is 7.47. The first-order valence-corrected chi connectivity index (χ1v) is 21.5. The van der Waals surface area contributed by atoms with Crippen LogP contribution in [0.2, 0.25) is 54.4 Å². The lowest BCUT2D eigenvalue weighted by Crippen LogP contribution is -2.66. The van der Waals surface area contributed by atoms with E-state index in [9.17, 15) is 5.11 Å². The van der Waals surface area contributed by atoms with Crippen LogP contribution in [0.1, 0.15) is 62.3 Å². The summed E-state index contributed by atoms with van der Waals surface area (Å²) in [5, 5.41) is 11.4. The molecular weight excluding hydrogens is 481 g/mol. The van der Waals surface area contributed by atoms with Gasteiger partial charge in [0.2, 0.25) is 0 Å². The second-order valence-corrected chi connectivity index (χ2v) is 28.8. The van der Waals surface area contributed by atoms with Crippen LogP contribution in [0.15, 0.2) is 0 Å². The fraction of sp³-hybridized carbons (Fsp3) is 1.00. The maximum Gasteiger partial charge on any atom is 0.192 e. The number of methoxy groups -OCH3 is 1. The van der Waals surface area contributed by atoms with Crippen LogP contribution in [-0.4, -0.2) is 74.5 Å². The van der Waals surface area contributed by atoms with Gasteiger partial charge in [-0.15, -0.1) is 0 Å². The van der Waals surface area contributed by atoms with Crippen molar-refractivity contribution in [1.29, 1.82) is 0 Å². The van der Waals surface area contributed by atoms with Gasteiger partial charge in [0, 0.05) is 7.11 Å².